The first-order valence-corrected chi connectivity index (χ1v) is 12.2. The number of piperidine rings is 2. The molecule has 2 saturated heterocycles. The molecule has 1 atom stereocenters. The molecular formula is C20H39N3O3S. The van der Waals surface area contributed by atoms with Gasteiger partial charge in [-0.2, -0.15) is 0 Å². The third-order valence-electron chi connectivity index (χ3n) is 5.85. The predicted molar refractivity (Wildman–Crippen MR) is 110 cm³/mol. The Morgan fingerprint density at radius 1 is 1.19 bits per heavy atom. The summed E-state index contributed by atoms with van der Waals surface area (Å²) in [4.78, 5) is 15.6. The van der Waals surface area contributed by atoms with Gasteiger partial charge in [-0.05, 0) is 59.8 Å². The smallest absolute Gasteiger partial charge is 0.227 e. The molecule has 2 heterocycles. The fraction of sp³-hybridized carbons (Fsp3) is 0.950. The van der Waals surface area contributed by atoms with E-state index < -0.39 is 10.0 Å². The maximum Gasteiger partial charge on any atom is 0.227 e. The normalized spacial score (nSPS) is 26.7. The van der Waals surface area contributed by atoms with E-state index in [9.17, 15) is 13.2 Å². The standard InChI is InChI=1S/C20H39N3O3S/c1-7-8-12-23(17-13-19(2,3)21-20(4,5)14-17)18(24)16-10-9-11-22(15-16)27(6,25)26/h16-17,21H,7-15H2,1-6H3. The molecule has 7 heteroatoms. The van der Waals surface area contributed by atoms with Crippen LogP contribution in [-0.2, 0) is 14.8 Å². The third kappa shape index (κ3) is 6.16. The Balaban J connectivity index is 2.20. The summed E-state index contributed by atoms with van der Waals surface area (Å²) >= 11 is 0. The lowest BCUT2D eigenvalue weighted by Crippen LogP contribution is -2.63. The van der Waals surface area contributed by atoms with E-state index in [4.69, 9.17) is 0 Å². The number of nitrogens with one attached hydrogen (secondary N) is 1. The SMILES string of the molecule is CCCCN(C(=O)C1CCCN(S(C)(=O)=O)C1)C1CC(C)(C)NC(C)(C)C1. The van der Waals surface area contributed by atoms with Crippen molar-refractivity contribution in [3.8, 4) is 0 Å². The molecular weight excluding hydrogens is 362 g/mol. The minimum absolute atomic E-state index is 0.0253. The van der Waals surface area contributed by atoms with E-state index in [1.165, 1.54) is 10.6 Å². The second kappa shape index (κ2) is 8.37. The largest absolute Gasteiger partial charge is 0.339 e. The van der Waals surface area contributed by atoms with Gasteiger partial charge in [0.05, 0.1) is 12.2 Å². The van der Waals surface area contributed by atoms with Gasteiger partial charge in [0.1, 0.15) is 0 Å². The number of unbranched alkanes of at least 4 members (excludes halogenated alkanes) is 1. The van der Waals surface area contributed by atoms with Gasteiger partial charge in [-0.25, -0.2) is 12.7 Å². The second-order valence-corrected chi connectivity index (χ2v) is 11.8. The molecule has 2 aliphatic heterocycles. The number of amides is 1. The van der Waals surface area contributed by atoms with Crippen LogP contribution in [0.15, 0.2) is 0 Å². The molecule has 0 bridgehead atoms. The van der Waals surface area contributed by atoms with Crippen LogP contribution in [-0.4, -0.2) is 66.5 Å². The fourth-order valence-corrected chi connectivity index (χ4v) is 5.88. The van der Waals surface area contributed by atoms with Gasteiger partial charge >= 0.3 is 0 Å². The number of hydrogen-bond acceptors (Lipinski definition) is 4. The van der Waals surface area contributed by atoms with Crippen molar-refractivity contribution < 1.29 is 13.2 Å². The summed E-state index contributed by atoms with van der Waals surface area (Å²) in [6, 6.07) is 0.198. The molecule has 158 valence electrons. The van der Waals surface area contributed by atoms with Crippen LogP contribution < -0.4 is 5.32 Å². The van der Waals surface area contributed by atoms with E-state index in [-0.39, 0.29) is 28.9 Å². The highest BCUT2D eigenvalue weighted by Crippen LogP contribution is 2.33. The van der Waals surface area contributed by atoms with Crippen LogP contribution in [0.5, 0.6) is 0 Å². The molecule has 1 amide bonds. The Kier molecular flexibility index (Phi) is 7.02. The van der Waals surface area contributed by atoms with Crippen LogP contribution in [0.4, 0.5) is 0 Å². The minimum atomic E-state index is -3.24. The molecule has 0 aromatic rings. The first kappa shape index (κ1) is 22.6. The number of rotatable bonds is 6. The van der Waals surface area contributed by atoms with Gasteiger partial charge in [0.15, 0.2) is 0 Å². The van der Waals surface area contributed by atoms with Crippen molar-refractivity contribution in [2.75, 3.05) is 25.9 Å². The quantitative estimate of drug-likeness (QED) is 0.743. The Bertz CT molecular complexity index is 614. The lowest BCUT2D eigenvalue weighted by atomic mass is 9.78. The Morgan fingerprint density at radius 3 is 2.30 bits per heavy atom. The molecule has 27 heavy (non-hydrogen) atoms. The van der Waals surface area contributed by atoms with Crippen molar-refractivity contribution in [1.29, 1.82) is 0 Å². The number of carbonyl (C=O) groups excluding carboxylic acids is 1. The van der Waals surface area contributed by atoms with E-state index in [1.54, 1.807) is 0 Å². The molecule has 6 nitrogen and oxygen atoms in total. The van der Waals surface area contributed by atoms with E-state index in [0.29, 0.717) is 13.1 Å². The summed E-state index contributed by atoms with van der Waals surface area (Å²) in [6.07, 6.45) is 6.66. The van der Waals surface area contributed by atoms with Crippen LogP contribution in [0.3, 0.4) is 0 Å². The Labute approximate surface area is 166 Å². The maximum absolute atomic E-state index is 13.5. The zero-order valence-corrected chi connectivity index (χ0v) is 18.9. The van der Waals surface area contributed by atoms with E-state index in [0.717, 1.165) is 45.1 Å². The molecule has 2 aliphatic rings. The average Bonchev–Trinajstić information content (AvgIpc) is 2.51. The molecule has 0 aromatic heterocycles. The van der Waals surface area contributed by atoms with Crippen molar-refractivity contribution in [2.45, 2.75) is 90.3 Å². The number of sulfonamides is 1. The molecule has 0 radical (unpaired) electrons. The van der Waals surface area contributed by atoms with Crippen LogP contribution in [0.25, 0.3) is 0 Å². The van der Waals surface area contributed by atoms with E-state index in [1.807, 2.05) is 0 Å². The van der Waals surface area contributed by atoms with Crippen molar-refractivity contribution in [3.05, 3.63) is 0 Å². The first-order valence-electron chi connectivity index (χ1n) is 10.4. The molecule has 0 aromatic carbocycles. The van der Waals surface area contributed by atoms with Gasteiger partial charge in [-0.1, -0.05) is 13.3 Å². The molecule has 1 unspecified atom stereocenters. The van der Waals surface area contributed by atoms with Crippen molar-refractivity contribution in [2.24, 2.45) is 5.92 Å². The molecule has 0 aliphatic carbocycles. The minimum Gasteiger partial charge on any atom is -0.339 e. The third-order valence-corrected chi connectivity index (χ3v) is 7.12. The van der Waals surface area contributed by atoms with Gasteiger partial charge in [-0.15, -0.1) is 0 Å². The summed E-state index contributed by atoms with van der Waals surface area (Å²) in [5, 5.41) is 3.69. The van der Waals surface area contributed by atoms with Crippen LogP contribution in [0, 0.1) is 5.92 Å². The first-order chi connectivity index (χ1) is 12.3. The number of nitrogens with zero attached hydrogens (tertiary/aromatic N) is 2. The molecule has 0 saturated carbocycles. The van der Waals surface area contributed by atoms with Gasteiger partial charge < -0.3 is 10.2 Å². The molecule has 0 spiro atoms. The summed E-state index contributed by atoms with van der Waals surface area (Å²) in [7, 11) is -3.24. The van der Waals surface area contributed by atoms with Crippen LogP contribution in [0.1, 0.15) is 73.1 Å². The Hall–Kier alpha value is -0.660. The monoisotopic (exact) mass is 401 g/mol. The summed E-state index contributed by atoms with van der Waals surface area (Å²) in [5.41, 5.74) is -0.0506. The van der Waals surface area contributed by atoms with Gasteiger partial charge in [0, 0.05) is 36.8 Å². The highest BCUT2D eigenvalue weighted by atomic mass is 32.2. The second-order valence-electron chi connectivity index (χ2n) is 9.80. The van der Waals surface area contributed by atoms with Gasteiger partial charge in [-0.3, -0.25) is 4.79 Å². The van der Waals surface area contributed by atoms with Crippen LogP contribution in [0.2, 0.25) is 0 Å². The average molecular weight is 402 g/mol. The lowest BCUT2D eigenvalue weighted by molar-refractivity contribution is -0.141. The highest BCUT2D eigenvalue weighted by molar-refractivity contribution is 7.88. The molecule has 1 N–H and O–H groups in total. The lowest BCUT2D eigenvalue weighted by Gasteiger charge is -2.50. The topological polar surface area (TPSA) is 69.7 Å². The molecule has 2 rings (SSSR count). The van der Waals surface area contributed by atoms with E-state index in [2.05, 4.69) is 44.8 Å². The predicted octanol–water partition coefficient (Wildman–Crippen LogP) is 2.60. The van der Waals surface area contributed by atoms with Crippen molar-refractivity contribution in [1.82, 2.24) is 14.5 Å². The van der Waals surface area contributed by atoms with Gasteiger partial charge in [0.25, 0.3) is 0 Å². The zero-order chi connectivity index (χ0) is 20.5. The summed E-state index contributed by atoms with van der Waals surface area (Å²) < 4.78 is 25.4. The summed E-state index contributed by atoms with van der Waals surface area (Å²) in [5.74, 6) is -0.0678. The molecule has 2 fully saturated rings. The van der Waals surface area contributed by atoms with E-state index >= 15 is 0 Å². The van der Waals surface area contributed by atoms with Gasteiger partial charge in [0.2, 0.25) is 15.9 Å². The van der Waals surface area contributed by atoms with Crippen molar-refractivity contribution >= 4 is 15.9 Å². The fourth-order valence-electron chi connectivity index (χ4n) is 4.97. The zero-order valence-electron chi connectivity index (χ0n) is 18.0. The summed E-state index contributed by atoms with van der Waals surface area (Å²) in [6.45, 7) is 12.6. The number of hydrogen-bond donors (Lipinski definition) is 1. The van der Waals surface area contributed by atoms with Crippen LogP contribution >= 0.6 is 0 Å². The highest BCUT2D eigenvalue weighted by Gasteiger charge is 2.42. The Morgan fingerprint density at radius 2 is 1.78 bits per heavy atom. The maximum atomic E-state index is 13.5. The number of carbonyl (C=O) groups is 1. The van der Waals surface area contributed by atoms with Crippen molar-refractivity contribution in [3.63, 3.8) is 0 Å².